The molecule has 0 aromatic heterocycles. The molecule has 1 rings (SSSR count). The normalized spacial score (nSPS) is 14.4. The Bertz CT molecular complexity index is 489. The van der Waals surface area contributed by atoms with Crippen LogP contribution in [0.4, 0.5) is 0 Å². The number of carboxylic acid groups (broad SMARTS) is 1. The lowest BCUT2D eigenvalue weighted by Gasteiger charge is -2.25. The zero-order valence-corrected chi connectivity index (χ0v) is 11.7. The highest BCUT2D eigenvalue weighted by Crippen LogP contribution is 2.24. The van der Waals surface area contributed by atoms with E-state index in [0.29, 0.717) is 5.56 Å². The lowest BCUT2D eigenvalue weighted by Crippen LogP contribution is -2.39. The maximum Gasteiger partial charge on any atom is 0.322 e. The molecule has 0 heterocycles. The minimum Gasteiger partial charge on any atom is -0.508 e. The summed E-state index contributed by atoms with van der Waals surface area (Å²) in [6.45, 7) is 4.95. The highest BCUT2D eigenvalue weighted by Gasteiger charge is 2.37. The van der Waals surface area contributed by atoms with Crippen LogP contribution in [0.3, 0.4) is 0 Å². The van der Waals surface area contributed by atoms with Gasteiger partial charge in [-0.25, -0.2) is 0 Å². The fourth-order valence-electron chi connectivity index (χ4n) is 1.66. The molecule has 2 atom stereocenters. The zero-order valence-electron chi connectivity index (χ0n) is 11.7. The van der Waals surface area contributed by atoms with E-state index in [9.17, 15) is 19.8 Å². The second-order valence-corrected chi connectivity index (χ2v) is 5.47. The first-order valence-corrected chi connectivity index (χ1v) is 6.12. The third-order valence-corrected chi connectivity index (χ3v) is 2.56. The van der Waals surface area contributed by atoms with Crippen LogP contribution in [0.1, 0.15) is 32.4 Å². The third kappa shape index (κ3) is 4.24. The van der Waals surface area contributed by atoms with Crippen LogP contribution in [0.25, 0.3) is 0 Å². The maximum atomic E-state index is 11.9. The SMILES string of the molecule is CC(C)(C)OC(=O)[C@@H](C(=O)O)C(N)c1ccc(O)cc1. The van der Waals surface area contributed by atoms with Crippen molar-refractivity contribution in [2.75, 3.05) is 0 Å². The quantitative estimate of drug-likeness (QED) is 0.569. The van der Waals surface area contributed by atoms with E-state index in [1.807, 2.05) is 0 Å². The van der Waals surface area contributed by atoms with Gasteiger partial charge < -0.3 is 20.7 Å². The average Bonchev–Trinajstić information content (AvgIpc) is 2.26. The van der Waals surface area contributed by atoms with Gasteiger partial charge in [0, 0.05) is 0 Å². The number of phenolic OH excluding ortho intramolecular Hbond substituents is 1. The summed E-state index contributed by atoms with van der Waals surface area (Å²) < 4.78 is 5.08. The molecule has 0 radical (unpaired) electrons. The van der Waals surface area contributed by atoms with Crippen molar-refractivity contribution in [3.63, 3.8) is 0 Å². The Kier molecular flexibility index (Phi) is 4.73. The van der Waals surface area contributed by atoms with E-state index >= 15 is 0 Å². The lowest BCUT2D eigenvalue weighted by molar-refractivity contribution is -0.167. The summed E-state index contributed by atoms with van der Waals surface area (Å²) in [4.78, 5) is 23.2. The Morgan fingerprint density at radius 3 is 2.10 bits per heavy atom. The fraction of sp³-hybridized carbons (Fsp3) is 0.429. The molecule has 0 fully saturated rings. The van der Waals surface area contributed by atoms with Crippen LogP contribution in [-0.2, 0) is 14.3 Å². The minimum atomic E-state index is -1.50. The smallest absolute Gasteiger partial charge is 0.322 e. The molecule has 4 N–H and O–H groups in total. The van der Waals surface area contributed by atoms with Crippen LogP contribution in [-0.4, -0.2) is 27.8 Å². The number of carbonyl (C=O) groups excluding carboxylic acids is 1. The molecule has 0 bridgehead atoms. The number of aromatic hydroxyl groups is 1. The summed E-state index contributed by atoms with van der Waals surface area (Å²) in [5, 5.41) is 18.4. The Labute approximate surface area is 117 Å². The molecular formula is C14H19NO5. The number of carboxylic acids is 1. The van der Waals surface area contributed by atoms with Crippen molar-refractivity contribution >= 4 is 11.9 Å². The van der Waals surface area contributed by atoms with Crippen molar-refractivity contribution in [1.82, 2.24) is 0 Å². The van der Waals surface area contributed by atoms with Gasteiger partial charge in [0.05, 0.1) is 6.04 Å². The van der Waals surface area contributed by atoms with Crippen LogP contribution in [0.15, 0.2) is 24.3 Å². The largest absolute Gasteiger partial charge is 0.508 e. The molecule has 0 amide bonds. The maximum absolute atomic E-state index is 11.9. The molecule has 0 saturated heterocycles. The number of ether oxygens (including phenoxy) is 1. The molecule has 1 aromatic rings. The van der Waals surface area contributed by atoms with Crippen molar-refractivity contribution in [2.45, 2.75) is 32.4 Å². The van der Waals surface area contributed by atoms with Gasteiger partial charge in [0.2, 0.25) is 0 Å². The average molecular weight is 281 g/mol. The molecule has 0 spiro atoms. The molecule has 110 valence electrons. The molecule has 0 aliphatic rings. The van der Waals surface area contributed by atoms with E-state index < -0.39 is 29.5 Å². The van der Waals surface area contributed by atoms with E-state index in [0.717, 1.165) is 0 Å². The van der Waals surface area contributed by atoms with Crippen LogP contribution < -0.4 is 5.73 Å². The van der Waals surface area contributed by atoms with Crippen molar-refractivity contribution in [3.8, 4) is 5.75 Å². The van der Waals surface area contributed by atoms with Gasteiger partial charge in [0.1, 0.15) is 11.4 Å². The molecule has 1 unspecified atom stereocenters. The standard InChI is InChI=1S/C14H19NO5/c1-14(2,3)20-13(19)10(12(17)18)11(15)8-4-6-9(16)7-5-8/h4-7,10-11,16H,15H2,1-3H3,(H,17,18)/t10-,11?/m1/s1. The first-order valence-electron chi connectivity index (χ1n) is 6.12. The predicted molar refractivity (Wildman–Crippen MR) is 72.0 cm³/mol. The number of rotatable bonds is 4. The van der Waals surface area contributed by atoms with E-state index in [2.05, 4.69) is 0 Å². The topological polar surface area (TPSA) is 110 Å². The summed E-state index contributed by atoms with van der Waals surface area (Å²) in [7, 11) is 0. The minimum absolute atomic E-state index is 0.0325. The van der Waals surface area contributed by atoms with E-state index in [1.54, 1.807) is 20.8 Å². The van der Waals surface area contributed by atoms with Crippen molar-refractivity contribution < 1.29 is 24.5 Å². The highest BCUT2D eigenvalue weighted by molar-refractivity contribution is 5.95. The van der Waals surface area contributed by atoms with E-state index in [4.69, 9.17) is 10.5 Å². The summed E-state index contributed by atoms with van der Waals surface area (Å²) >= 11 is 0. The Balaban J connectivity index is 2.99. The monoisotopic (exact) mass is 281 g/mol. The molecule has 0 aliphatic heterocycles. The van der Waals surface area contributed by atoms with Gasteiger partial charge in [0.25, 0.3) is 0 Å². The van der Waals surface area contributed by atoms with Gasteiger partial charge in [-0.05, 0) is 38.5 Å². The van der Waals surface area contributed by atoms with Gasteiger partial charge >= 0.3 is 11.9 Å². The van der Waals surface area contributed by atoms with Gasteiger partial charge in [-0.15, -0.1) is 0 Å². The van der Waals surface area contributed by atoms with Gasteiger partial charge in [-0.2, -0.15) is 0 Å². The highest BCUT2D eigenvalue weighted by atomic mass is 16.6. The summed E-state index contributed by atoms with van der Waals surface area (Å²) in [5.74, 6) is -3.70. The Hall–Kier alpha value is -2.08. The predicted octanol–water partition coefficient (Wildman–Crippen LogP) is 1.43. The number of phenols is 1. The summed E-state index contributed by atoms with van der Waals surface area (Å²) in [6, 6.07) is 4.65. The lowest BCUT2D eigenvalue weighted by atomic mass is 9.93. The second-order valence-electron chi connectivity index (χ2n) is 5.47. The first kappa shape index (κ1) is 16.0. The van der Waals surface area contributed by atoms with Gasteiger partial charge in [-0.3, -0.25) is 9.59 Å². The number of nitrogens with two attached hydrogens (primary N) is 1. The zero-order chi connectivity index (χ0) is 15.5. The summed E-state index contributed by atoms with van der Waals surface area (Å²) in [6.07, 6.45) is 0. The van der Waals surface area contributed by atoms with Gasteiger partial charge in [-0.1, -0.05) is 12.1 Å². The number of hydrogen-bond acceptors (Lipinski definition) is 5. The molecule has 1 aromatic carbocycles. The number of carbonyl (C=O) groups is 2. The molecule has 6 heteroatoms. The molecular weight excluding hydrogens is 262 g/mol. The van der Waals surface area contributed by atoms with Crippen LogP contribution in [0.5, 0.6) is 5.75 Å². The van der Waals surface area contributed by atoms with Gasteiger partial charge in [0.15, 0.2) is 5.92 Å². The van der Waals surface area contributed by atoms with Crippen LogP contribution in [0, 0.1) is 5.92 Å². The second kappa shape index (κ2) is 5.92. The Morgan fingerprint density at radius 2 is 1.70 bits per heavy atom. The summed E-state index contributed by atoms with van der Waals surface area (Å²) in [5.41, 5.74) is 5.49. The molecule has 0 saturated carbocycles. The first-order chi connectivity index (χ1) is 9.11. The third-order valence-electron chi connectivity index (χ3n) is 2.56. The van der Waals surface area contributed by atoms with Crippen molar-refractivity contribution in [1.29, 1.82) is 0 Å². The number of benzene rings is 1. The van der Waals surface area contributed by atoms with Crippen LogP contribution in [0.2, 0.25) is 0 Å². The van der Waals surface area contributed by atoms with Crippen molar-refractivity contribution in [3.05, 3.63) is 29.8 Å². The number of esters is 1. The number of hydrogen-bond donors (Lipinski definition) is 3. The molecule has 0 aliphatic carbocycles. The van der Waals surface area contributed by atoms with Crippen molar-refractivity contribution in [2.24, 2.45) is 11.7 Å². The number of aliphatic carboxylic acids is 1. The fourth-order valence-corrected chi connectivity index (χ4v) is 1.66. The van der Waals surface area contributed by atoms with Crippen LogP contribution >= 0.6 is 0 Å². The van der Waals surface area contributed by atoms with E-state index in [-0.39, 0.29) is 5.75 Å². The Morgan fingerprint density at radius 1 is 1.20 bits per heavy atom. The molecule has 6 nitrogen and oxygen atoms in total. The molecule has 20 heavy (non-hydrogen) atoms. The van der Waals surface area contributed by atoms with E-state index in [1.165, 1.54) is 24.3 Å².